The second kappa shape index (κ2) is 6.21. The smallest absolute Gasteiger partial charge is 0.339 e. The highest BCUT2D eigenvalue weighted by molar-refractivity contribution is 7.88. The van der Waals surface area contributed by atoms with E-state index < -0.39 is 21.7 Å². The van der Waals surface area contributed by atoms with Gasteiger partial charge in [-0.1, -0.05) is 18.2 Å². The van der Waals surface area contributed by atoms with Crippen molar-refractivity contribution in [1.82, 2.24) is 14.1 Å². The largest absolute Gasteiger partial charge is 0.459 e. The highest BCUT2D eigenvalue weighted by atomic mass is 32.2. The topological polar surface area (TPSA) is 78.4 Å². The van der Waals surface area contributed by atoms with Gasteiger partial charge in [0.2, 0.25) is 10.0 Å². The molecule has 2 amide bonds. The van der Waals surface area contributed by atoms with Gasteiger partial charge in [-0.25, -0.2) is 29.0 Å². The molecule has 0 bridgehead atoms. The quantitative estimate of drug-likeness (QED) is 0.706. The van der Waals surface area contributed by atoms with Gasteiger partial charge in [0.15, 0.2) is 0 Å². The number of amides is 2. The molecule has 1 aromatic carbocycles. The molecule has 0 unspecified atom stereocenters. The van der Waals surface area contributed by atoms with Gasteiger partial charge in [0, 0.05) is 30.6 Å². The van der Waals surface area contributed by atoms with E-state index in [-0.39, 0.29) is 19.1 Å². The number of fused-ring (bicyclic) bond motifs is 5. The van der Waals surface area contributed by atoms with E-state index in [9.17, 15) is 13.2 Å². The van der Waals surface area contributed by atoms with Crippen LogP contribution in [0.3, 0.4) is 0 Å². The molecule has 5 rings (SSSR count). The first-order valence-corrected chi connectivity index (χ1v) is 11.6. The Morgan fingerprint density at radius 1 is 1.21 bits per heavy atom. The number of urea groups is 1. The lowest BCUT2D eigenvalue weighted by atomic mass is 9.84. The zero-order chi connectivity index (χ0) is 20.4. The monoisotopic (exact) mass is 414 g/mol. The van der Waals surface area contributed by atoms with Crippen molar-refractivity contribution >= 4 is 27.0 Å². The maximum Gasteiger partial charge on any atom is 0.339 e. The summed E-state index contributed by atoms with van der Waals surface area (Å²) in [6.07, 6.45) is 2.86. The first-order chi connectivity index (χ1) is 13.8. The lowest BCUT2D eigenvalue weighted by Crippen LogP contribution is -2.56. The van der Waals surface area contributed by atoms with Gasteiger partial charge in [0.25, 0.3) is 0 Å². The fraction of sp³-hybridized carbons (Fsp3) is 0.500. The summed E-state index contributed by atoms with van der Waals surface area (Å²) in [6, 6.07) is 7.29. The third-order valence-electron chi connectivity index (χ3n) is 6.52. The van der Waals surface area contributed by atoms with E-state index in [0.717, 1.165) is 40.3 Å². The molecule has 2 atom stereocenters. The van der Waals surface area contributed by atoms with Crippen molar-refractivity contribution in [1.29, 1.82) is 0 Å². The van der Waals surface area contributed by atoms with Crippen LogP contribution in [0.1, 0.15) is 30.2 Å². The summed E-state index contributed by atoms with van der Waals surface area (Å²) in [4.78, 5) is 20.6. The number of benzene rings is 1. The molecule has 0 radical (unpaired) electrons. The third kappa shape index (κ3) is 2.66. The zero-order valence-electron chi connectivity index (χ0n) is 16.2. The predicted molar refractivity (Wildman–Crippen MR) is 106 cm³/mol. The number of furan rings is 1. The van der Waals surface area contributed by atoms with Crippen molar-refractivity contribution in [2.45, 2.75) is 31.0 Å². The van der Waals surface area contributed by atoms with Gasteiger partial charge in [-0.2, -0.15) is 0 Å². The maximum absolute atomic E-state index is 12.9. The Labute approximate surface area is 169 Å². The van der Waals surface area contributed by atoms with Crippen LogP contribution in [-0.4, -0.2) is 66.7 Å². The van der Waals surface area contributed by atoms with E-state index in [1.54, 1.807) is 0 Å². The summed E-state index contributed by atoms with van der Waals surface area (Å²) >= 11 is 0. The van der Waals surface area contributed by atoms with E-state index >= 15 is 0 Å². The first-order valence-electron chi connectivity index (χ1n) is 9.76. The Morgan fingerprint density at radius 2 is 2.00 bits per heavy atom. The molecule has 4 heterocycles. The summed E-state index contributed by atoms with van der Waals surface area (Å²) in [5.74, 6) is 0.886. The van der Waals surface area contributed by atoms with Crippen molar-refractivity contribution in [3.8, 4) is 0 Å². The predicted octanol–water partition coefficient (Wildman–Crippen LogP) is 2.44. The number of rotatable bonds is 2. The third-order valence-corrected chi connectivity index (χ3v) is 7.66. The SMILES string of the molecule is [C-]#[N+][C@@]1(N2CCN(S(C)(=O)=O)C2=O)CCN2CCc3c(oc4ccccc34)[C@@H]2C1. The average molecular weight is 414 g/mol. The molecular formula is C20H22N4O4S. The van der Waals surface area contributed by atoms with Crippen molar-refractivity contribution in [2.24, 2.45) is 0 Å². The number of hydrogen-bond donors (Lipinski definition) is 0. The summed E-state index contributed by atoms with van der Waals surface area (Å²) in [5, 5.41) is 1.11. The second-order valence-corrected chi connectivity index (χ2v) is 9.97. The lowest BCUT2D eigenvalue weighted by Gasteiger charge is -2.44. The molecule has 8 nitrogen and oxygen atoms in total. The molecule has 2 saturated heterocycles. The van der Waals surface area contributed by atoms with Crippen molar-refractivity contribution < 1.29 is 17.6 Å². The van der Waals surface area contributed by atoms with Crippen LogP contribution < -0.4 is 0 Å². The molecule has 0 N–H and O–H groups in total. The van der Waals surface area contributed by atoms with Crippen LogP contribution in [0.2, 0.25) is 0 Å². The molecule has 2 aromatic rings. The number of carbonyl (C=O) groups excluding carboxylic acids is 1. The van der Waals surface area contributed by atoms with Crippen LogP contribution in [0.5, 0.6) is 0 Å². The Balaban J connectivity index is 1.52. The number of hydrogen-bond acceptors (Lipinski definition) is 5. The van der Waals surface area contributed by atoms with Crippen LogP contribution >= 0.6 is 0 Å². The van der Waals surface area contributed by atoms with Crippen LogP contribution in [0.25, 0.3) is 15.8 Å². The number of para-hydroxylation sites is 1. The highest BCUT2D eigenvalue weighted by Gasteiger charge is 2.57. The van der Waals surface area contributed by atoms with Crippen LogP contribution in [0.15, 0.2) is 28.7 Å². The standard InChI is InChI=1S/C20H22N4O4S/c1-21-20(23-11-12-24(19(23)25)29(2,26)27)8-10-22-9-7-15-14-5-3-4-6-17(14)28-18(15)16(22)13-20/h3-6,16H,7-13H2,2H3/t16-,20+/m0/s1. The molecule has 0 aliphatic carbocycles. The molecule has 3 aliphatic heterocycles. The summed E-state index contributed by atoms with van der Waals surface area (Å²) in [7, 11) is -3.64. The minimum Gasteiger partial charge on any atom is -0.459 e. The van der Waals surface area contributed by atoms with E-state index in [1.165, 1.54) is 10.5 Å². The van der Waals surface area contributed by atoms with Gasteiger partial charge < -0.3 is 4.42 Å². The van der Waals surface area contributed by atoms with Crippen LogP contribution in [0.4, 0.5) is 4.79 Å². The van der Waals surface area contributed by atoms with Gasteiger partial charge in [-0.3, -0.25) is 9.74 Å². The van der Waals surface area contributed by atoms with Crippen molar-refractivity contribution in [2.75, 3.05) is 32.4 Å². The fourth-order valence-corrected chi connectivity index (χ4v) is 5.86. The number of sulfonamides is 1. The summed E-state index contributed by atoms with van der Waals surface area (Å²) in [5.41, 5.74) is 0.984. The Kier molecular flexibility index (Phi) is 3.95. The number of piperidine rings is 1. The molecule has 29 heavy (non-hydrogen) atoms. The average Bonchev–Trinajstić information content (AvgIpc) is 3.28. The molecule has 2 fully saturated rings. The zero-order valence-corrected chi connectivity index (χ0v) is 17.0. The van der Waals surface area contributed by atoms with Gasteiger partial charge in [-0.05, 0) is 12.5 Å². The van der Waals surface area contributed by atoms with Crippen molar-refractivity contribution in [3.05, 3.63) is 47.0 Å². The van der Waals surface area contributed by atoms with Gasteiger partial charge in [0.05, 0.1) is 31.7 Å². The lowest BCUT2D eigenvalue weighted by molar-refractivity contribution is 0.0321. The van der Waals surface area contributed by atoms with E-state index in [2.05, 4.69) is 15.8 Å². The molecule has 152 valence electrons. The minimum absolute atomic E-state index is 0.0888. The van der Waals surface area contributed by atoms with E-state index in [4.69, 9.17) is 11.0 Å². The van der Waals surface area contributed by atoms with E-state index in [1.807, 2.05) is 18.2 Å². The summed E-state index contributed by atoms with van der Waals surface area (Å²) in [6.45, 7) is 9.83. The first kappa shape index (κ1) is 18.5. The molecule has 0 spiro atoms. The van der Waals surface area contributed by atoms with Crippen molar-refractivity contribution in [3.63, 3.8) is 0 Å². The number of nitrogens with zero attached hydrogens (tertiary/aromatic N) is 4. The Bertz CT molecular complexity index is 1150. The second-order valence-electron chi connectivity index (χ2n) is 8.06. The Hall–Kier alpha value is -2.57. The molecule has 0 saturated carbocycles. The van der Waals surface area contributed by atoms with Crippen LogP contribution in [-0.2, 0) is 16.4 Å². The van der Waals surface area contributed by atoms with Crippen LogP contribution in [0, 0.1) is 6.57 Å². The van der Waals surface area contributed by atoms with Gasteiger partial charge >= 0.3 is 11.7 Å². The molecule has 1 aromatic heterocycles. The maximum atomic E-state index is 12.9. The fourth-order valence-electron chi connectivity index (χ4n) is 5.06. The summed E-state index contributed by atoms with van der Waals surface area (Å²) < 4.78 is 31.0. The van der Waals surface area contributed by atoms with E-state index in [0.29, 0.717) is 19.4 Å². The van der Waals surface area contributed by atoms with Gasteiger partial charge in [-0.15, -0.1) is 0 Å². The molecule has 9 heteroatoms. The molecule has 3 aliphatic rings. The Morgan fingerprint density at radius 3 is 2.72 bits per heavy atom. The minimum atomic E-state index is -3.64. The molecular weight excluding hydrogens is 392 g/mol. The number of carbonyl (C=O) groups is 1. The van der Waals surface area contributed by atoms with Gasteiger partial charge in [0.1, 0.15) is 11.3 Å². The highest BCUT2D eigenvalue weighted by Crippen LogP contribution is 2.47. The normalized spacial score (nSPS) is 27.7.